The van der Waals surface area contributed by atoms with Crippen LogP contribution in [-0.4, -0.2) is 44.5 Å². The van der Waals surface area contributed by atoms with Crippen LogP contribution in [0.25, 0.3) is 0 Å². The molecule has 0 spiro atoms. The molecule has 1 heterocycles. The molecule has 2 aromatic carbocycles. The smallest absolute Gasteiger partial charge is 0.255 e. The maximum atomic E-state index is 12.4. The Balaban J connectivity index is 1.45. The van der Waals surface area contributed by atoms with Gasteiger partial charge in [0.2, 0.25) is 11.8 Å². The first-order valence-electron chi connectivity index (χ1n) is 9.14. The molecule has 0 radical (unpaired) electrons. The number of benzene rings is 2. The molecule has 1 aliphatic heterocycles. The second-order valence-corrected chi connectivity index (χ2v) is 6.49. The number of rotatable bonds is 7. The molecule has 1 atom stereocenters. The van der Waals surface area contributed by atoms with Crippen LogP contribution in [0.15, 0.2) is 54.6 Å². The highest BCUT2D eigenvalue weighted by molar-refractivity contribution is 6.00. The molecule has 0 saturated carbocycles. The molecular formula is C21H23N3O4. The fourth-order valence-electron chi connectivity index (χ4n) is 3.17. The molecule has 2 aromatic rings. The summed E-state index contributed by atoms with van der Waals surface area (Å²) in [5, 5.41) is 5.54. The summed E-state index contributed by atoms with van der Waals surface area (Å²) in [7, 11) is 1.51. The van der Waals surface area contributed by atoms with Crippen LogP contribution < -0.4 is 20.3 Å². The van der Waals surface area contributed by atoms with Gasteiger partial charge in [0, 0.05) is 31.7 Å². The quantitative estimate of drug-likeness (QED) is 0.713. The number of carbonyl (C=O) groups excluding carboxylic acids is 3. The molecule has 3 amide bonds. The number of carbonyl (C=O) groups is 3. The van der Waals surface area contributed by atoms with Crippen molar-refractivity contribution in [2.75, 3.05) is 31.6 Å². The Morgan fingerprint density at radius 1 is 1.04 bits per heavy atom. The lowest BCUT2D eigenvalue weighted by Gasteiger charge is -2.16. The summed E-state index contributed by atoms with van der Waals surface area (Å²) in [6.07, 6.45) is 0.189. The van der Waals surface area contributed by atoms with E-state index in [-0.39, 0.29) is 37.2 Å². The van der Waals surface area contributed by atoms with Crippen molar-refractivity contribution in [3.63, 3.8) is 0 Å². The Hall–Kier alpha value is -3.35. The molecule has 0 aliphatic carbocycles. The van der Waals surface area contributed by atoms with E-state index in [4.69, 9.17) is 4.74 Å². The van der Waals surface area contributed by atoms with E-state index >= 15 is 0 Å². The predicted octanol–water partition coefficient (Wildman–Crippen LogP) is 1.59. The number of hydrogen-bond donors (Lipinski definition) is 2. The van der Waals surface area contributed by atoms with Crippen molar-refractivity contribution in [1.29, 1.82) is 0 Å². The van der Waals surface area contributed by atoms with Crippen molar-refractivity contribution in [2.45, 2.75) is 6.42 Å². The number of ether oxygens (including phenoxy) is 1. The van der Waals surface area contributed by atoms with E-state index in [1.165, 1.54) is 7.11 Å². The fourth-order valence-corrected chi connectivity index (χ4v) is 3.17. The van der Waals surface area contributed by atoms with Crippen molar-refractivity contribution < 1.29 is 19.1 Å². The van der Waals surface area contributed by atoms with Gasteiger partial charge in [-0.2, -0.15) is 0 Å². The highest BCUT2D eigenvalue weighted by atomic mass is 16.5. The first kappa shape index (κ1) is 19.4. The van der Waals surface area contributed by atoms with Crippen LogP contribution in [-0.2, 0) is 9.59 Å². The van der Waals surface area contributed by atoms with Crippen molar-refractivity contribution in [3.8, 4) is 5.75 Å². The van der Waals surface area contributed by atoms with Crippen LogP contribution in [0.5, 0.6) is 5.75 Å². The van der Waals surface area contributed by atoms with Crippen LogP contribution >= 0.6 is 0 Å². The third-order valence-corrected chi connectivity index (χ3v) is 4.63. The molecule has 1 aliphatic rings. The largest absolute Gasteiger partial charge is 0.496 e. The molecule has 28 heavy (non-hydrogen) atoms. The number of nitrogens with zero attached hydrogens (tertiary/aromatic N) is 1. The lowest BCUT2D eigenvalue weighted by atomic mass is 10.1. The zero-order valence-corrected chi connectivity index (χ0v) is 15.7. The molecule has 0 bridgehead atoms. The number of methoxy groups -OCH3 is 1. The minimum atomic E-state index is -0.391. The molecule has 1 fully saturated rings. The second-order valence-electron chi connectivity index (χ2n) is 6.49. The van der Waals surface area contributed by atoms with Crippen molar-refractivity contribution in [3.05, 3.63) is 60.2 Å². The van der Waals surface area contributed by atoms with Crippen molar-refractivity contribution >= 4 is 23.4 Å². The minimum Gasteiger partial charge on any atom is -0.496 e. The Kier molecular flexibility index (Phi) is 6.26. The molecule has 7 heteroatoms. The van der Waals surface area contributed by atoms with Crippen LogP contribution in [0.2, 0.25) is 0 Å². The summed E-state index contributed by atoms with van der Waals surface area (Å²) in [6.45, 7) is 0.934. The first-order chi connectivity index (χ1) is 13.6. The average molecular weight is 381 g/mol. The normalized spacial score (nSPS) is 16.0. The average Bonchev–Trinajstić information content (AvgIpc) is 3.13. The summed E-state index contributed by atoms with van der Waals surface area (Å²) in [5.41, 5.74) is 1.24. The molecular weight excluding hydrogens is 358 g/mol. The lowest BCUT2D eigenvalue weighted by molar-refractivity contribution is -0.126. The third-order valence-electron chi connectivity index (χ3n) is 4.63. The van der Waals surface area contributed by atoms with Gasteiger partial charge in [0.25, 0.3) is 5.91 Å². The molecule has 0 unspecified atom stereocenters. The number of amides is 3. The number of hydrogen-bond acceptors (Lipinski definition) is 4. The number of anilines is 1. The van der Waals surface area contributed by atoms with Gasteiger partial charge < -0.3 is 20.3 Å². The summed E-state index contributed by atoms with van der Waals surface area (Å²) >= 11 is 0. The molecule has 0 aromatic heterocycles. The van der Waals surface area contributed by atoms with Crippen molar-refractivity contribution in [1.82, 2.24) is 10.6 Å². The van der Waals surface area contributed by atoms with Gasteiger partial charge in [-0.05, 0) is 24.3 Å². The van der Waals surface area contributed by atoms with Crippen molar-refractivity contribution in [2.24, 2.45) is 5.92 Å². The highest BCUT2D eigenvalue weighted by Crippen LogP contribution is 2.24. The van der Waals surface area contributed by atoms with E-state index in [9.17, 15) is 14.4 Å². The van der Waals surface area contributed by atoms with Gasteiger partial charge in [0.15, 0.2) is 0 Å². The number of para-hydroxylation sites is 2. The molecule has 2 N–H and O–H groups in total. The first-order valence-corrected chi connectivity index (χ1v) is 9.14. The third kappa shape index (κ3) is 4.49. The van der Waals surface area contributed by atoms with Crippen LogP contribution in [0.1, 0.15) is 16.8 Å². The summed E-state index contributed by atoms with van der Waals surface area (Å²) < 4.78 is 5.17. The van der Waals surface area contributed by atoms with E-state index in [0.29, 0.717) is 17.9 Å². The van der Waals surface area contributed by atoms with Gasteiger partial charge in [-0.25, -0.2) is 0 Å². The predicted molar refractivity (Wildman–Crippen MR) is 105 cm³/mol. The fraction of sp³-hybridized carbons (Fsp3) is 0.286. The van der Waals surface area contributed by atoms with Gasteiger partial charge in [-0.3, -0.25) is 14.4 Å². The monoisotopic (exact) mass is 381 g/mol. The van der Waals surface area contributed by atoms with E-state index < -0.39 is 5.92 Å². The Morgan fingerprint density at radius 3 is 2.46 bits per heavy atom. The highest BCUT2D eigenvalue weighted by Gasteiger charge is 2.34. The van der Waals surface area contributed by atoms with E-state index in [0.717, 1.165) is 5.69 Å². The van der Waals surface area contributed by atoms with E-state index in [1.807, 2.05) is 30.3 Å². The Bertz CT molecular complexity index is 854. The zero-order valence-electron chi connectivity index (χ0n) is 15.7. The van der Waals surface area contributed by atoms with Crippen LogP contribution in [0.4, 0.5) is 5.69 Å². The van der Waals surface area contributed by atoms with Gasteiger partial charge in [-0.1, -0.05) is 30.3 Å². The Morgan fingerprint density at radius 2 is 1.71 bits per heavy atom. The SMILES string of the molecule is COc1ccccc1C(=O)NCCNC(=O)[C@@H]1CC(=O)N(c2ccccc2)C1. The standard InChI is InChI=1S/C21H23N3O4/c1-28-18-10-6-5-9-17(18)21(27)23-12-11-22-20(26)15-13-19(25)24(14-15)16-7-3-2-4-8-16/h2-10,15H,11-14H2,1H3,(H,22,26)(H,23,27)/t15-/m1/s1. The Labute approximate surface area is 163 Å². The van der Waals surface area contributed by atoms with E-state index in [1.54, 1.807) is 29.2 Å². The van der Waals surface area contributed by atoms with Gasteiger partial charge in [0.05, 0.1) is 18.6 Å². The molecule has 1 saturated heterocycles. The maximum absolute atomic E-state index is 12.4. The van der Waals surface area contributed by atoms with Gasteiger partial charge >= 0.3 is 0 Å². The van der Waals surface area contributed by atoms with Gasteiger partial charge in [-0.15, -0.1) is 0 Å². The zero-order chi connectivity index (χ0) is 19.9. The molecule has 7 nitrogen and oxygen atoms in total. The molecule has 146 valence electrons. The summed E-state index contributed by atoms with van der Waals surface area (Å²) in [5.74, 6) is -0.403. The summed E-state index contributed by atoms with van der Waals surface area (Å²) in [6, 6.07) is 16.2. The van der Waals surface area contributed by atoms with Gasteiger partial charge in [0.1, 0.15) is 5.75 Å². The topological polar surface area (TPSA) is 87.7 Å². The number of nitrogens with one attached hydrogen (secondary N) is 2. The van der Waals surface area contributed by atoms with Crippen LogP contribution in [0.3, 0.4) is 0 Å². The van der Waals surface area contributed by atoms with Crippen LogP contribution in [0, 0.1) is 5.92 Å². The molecule has 3 rings (SSSR count). The lowest BCUT2D eigenvalue weighted by Crippen LogP contribution is -2.38. The second kappa shape index (κ2) is 9.03. The maximum Gasteiger partial charge on any atom is 0.255 e. The summed E-state index contributed by atoms with van der Waals surface area (Å²) in [4.78, 5) is 38.4. The minimum absolute atomic E-state index is 0.0594. The van der Waals surface area contributed by atoms with E-state index in [2.05, 4.69) is 10.6 Å².